The molecule has 70 valence electrons. The molecule has 2 unspecified atom stereocenters. The summed E-state index contributed by atoms with van der Waals surface area (Å²) in [6, 6.07) is 1.21. The zero-order valence-electron chi connectivity index (χ0n) is 7.92. The molecule has 1 N–H and O–H groups in total. The van der Waals surface area contributed by atoms with Crippen LogP contribution in [0.2, 0.25) is 0 Å². The van der Waals surface area contributed by atoms with Gasteiger partial charge in [-0.1, -0.05) is 0 Å². The van der Waals surface area contributed by atoms with E-state index < -0.39 is 0 Å². The number of morpholine rings is 1. The highest BCUT2D eigenvalue weighted by molar-refractivity contribution is 4.87. The van der Waals surface area contributed by atoms with Gasteiger partial charge in [0.15, 0.2) is 0 Å². The SMILES string of the molecule is CC(C)N1CC2COC(CN2)C1. The lowest BCUT2D eigenvalue weighted by molar-refractivity contribution is 0.0197. The van der Waals surface area contributed by atoms with Crippen LogP contribution in [0, 0.1) is 0 Å². The van der Waals surface area contributed by atoms with Crippen molar-refractivity contribution >= 4 is 0 Å². The molecule has 3 rings (SSSR count). The van der Waals surface area contributed by atoms with Crippen molar-refractivity contribution in [3.8, 4) is 0 Å². The van der Waals surface area contributed by atoms with Gasteiger partial charge in [-0.25, -0.2) is 0 Å². The quantitative estimate of drug-likeness (QED) is 0.602. The first-order valence-electron chi connectivity index (χ1n) is 4.84. The second-order valence-electron chi connectivity index (χ2n) is 4.11. The van der Waals surface area contributed by atoms with E-state index in [9.17, 15) is 0 Å². The lowest BCUT2D eigenvalue weighted by Crippen LogP contribution is -2.45. The lowest BCUT2D eigenvalue weighted by Gasteiger charge is -2.24. The minimum Gasteiger partial charge on any atom is -0.374 e. The number of hydrogen-bond acceptors (Lipinski definition) is 3. The van der Waals surface area contributed by atoms with E-state index in [0.29, 0.717) is 18.2 Å². The van der Waals surface area contributed by atoms with Crippen LogP contribution >= 0.6 is 0 Å². The molecule has 0 aromatic carbocycles. The molecule has 12 heavy (non-hydrogen) atoms. The predicted octanol–water partition coefficient (Wildman–Crippen LogP) is 0.0674. The van der Waals surface area contributed by atoms with Crippen LogP contribution in [0.25, 0.3) is 0 Å². The molecule has 0 aromatic rings. The average Bonchev–Trinajstić information content (AvgIpc) is 2.36. The molecule has 0 aromatic heterocycles. The Morgan fingerprint density at radius 1 is 1.42 bits per heavy atom. The molecule has 0 spiro atoms. The monoisotopic (exact) mass is 170 g/mol. The maximum absolute atomic E-state index is 5.68. The number of fused-ring (bicyclic) bond motifs is 4. The van der Waals surface area contributed by atoms with Crippen molar-refractivity contribution in [1.82, 2.24) is 10.2 Å². The molecule has 3 heterocycles. The molecule has 3 fully saturated rings. The van der Waals surface area contributed by atoms with Crippen LogP contribution in [-0.4, -0.2) is 49.3 Å². The Balaban J connectivity index is 2.02. The number of hydrogen-bond donors (Lipinski definition) is 1. The summed E-state index contributed by atoms with van der Waals surface area (Å²) in [6.45, 7) is 8.69. The van der Waals surface area contributed by atoms with Gasteiger partial charge in [0.05, 0.1) is 12.7 Å². The largest absolute Gasteiger partial charge is 0.374 e. The lowest BCUT2D eigenvalue weighted by atomic mass is 10.2. The Morgan fingerprint density at radius 2 is 2.25 bits per heavy atom. The number of ether oxygens (including phenoxy) is 1. The molecule has 2 bridgehead atoms. The summed E-state index contributed by atoms with van der Waals surface area (Å²) in [4.78, 5) is 2.50. The summed E-state index contributed by atoms with van der Waals surface area (Å²) >= 11 is 0. The van der Waals surface area contributed by atoms with Crippen LogP contribution in [0.4, 0.5) is 0 Å². The molecule has 3 saturated heterocycles. The van der Waals surface area contributed by atoms with Gasteiger partial charge in [-0.3, -0.25) is 4.90 Å². The van der Waals surface area contributed by atoms with E-state index in [-0.39, 0.29) is 0 Å². The highest BCUT2D eigenvalue weighted by Gasteiger charge is 2.30. The number of nitrogens with one attached hydrogen (secondary N) is 1. The summed E-state index contributed by atoms with van der Waals surface area (Å²) in [5, 5.41) is 3.50. The fraction of sp³-hybridized carbons (Fsp3) is 1.00. The maximum atomic E-state index is 5.68. The molecular weight excluding hydrogens is 152 g/mol. The summed E-state index contributed by atoms with van der Waals surface area (Å²) < 4.78 is 5.68. The topological polar surface area (TPSA) is 24.5 Å². The van der Waals surface area contributed by atoms with E-state index in [1.54, 1.807) is 0 Å². The summed E-state index contributed by atoms with van der Waals surface area (Å²) in [7, 11) is 0. The van der Waals surface area contributed by atoms with Gasteiger partial charge in [-0.15, -0.1) is 0 Å². The summed E-state index contributed by atoms with van der Waals surface area (Å²) in [5.74, 6) is 0. The number of rotatable bonds is 1. The second-order valence-corrected chi connectivity index (χ2v) is 4.11. The molecule has 2 atom stereocenters. The Hall–Kier alpha value is -0.120. The Kier molecular flexibility index (Phi) is 2.35. The van der Waals surface area contributed by atoms with Crippen molar-refractivity contribution < 1.29 is 4.74 Å². The van der Waals surface area contributed by atoms with Gasteiger partial charge < -0.3 is 10.1 Å². The molecular formula is C9H18N2O. The van der Waals surface area contributed by atoms with Crippen molar-refractivity contribution in [2.45, 2.75) is 32.0 Å². The fourth-order valence-corrected chi connectivity index (χ4v) is 1.94. The molecule has 3 aliphatic rings. The van der Waals surface area contributed by atoms with Crippen LogP contribution in [-0.2, 0) is 4.74 Å². The van der Waals surface area contributed by atoms with Crippen LogP contribution in [0.5, 0.6) is 0 Å². The minimum atomic E-state index is 0.422. The van der Waals surface area contributed by atoms with E-state index in [2.05, 4.69) is 24.1 Å². The molecule has 0 radical (unpaired) electrons. The molecule has 0 saturated carbocycles. The standard InChI is InChI=1S/C9H18N2O/c1-7(2)11-4-8-6-12-9(5-11)3-10-8/h7-10H,3-6H2,1-2H3. The van der Waals surface area contributed by atoms with Gasteiger partial charge in [-0.05, 0) is 13.8 Å². The minimum absolute atomic E-state index is 0.422. The second kappa shape index (κ2) is 3.32. The average molecular weight is 170 g/mol. The number of nitrogens with zero attached hydrogens (tertiary/aromatic N) is 1. The molecule has 3 heteroatoms. The van der Waals surface area contributed by atoms with Crippen LogP contribution < -0.4 is 5.32 Å². The fourth-order valence-electron chi connectivity index (χ4n) is 1.94. The highest BCUT2D eigenvalue weighted by atomic mass is 16.5. The van der Waals surface area contributed by atoms with Crippen molar-refractivity contribution in [2.75, 3.05) is 26.2 Å². The van der Waals surface area contributed by atoms with Crippen LogP contribution in [0.1, 0.15) is 13.8 Å². The van der Waals surface area contributed by atoms with Crippen LogP contribution in [0.3, 0.4) is 0 Å². The third-order valence-corrected chi connectivity index (χ3v) is 2.79. The molecule has 3 aliphatic heterocycles. The van der Waals surface area contributed by atoms with Gasteiger partial charge in [0.25, 0.3) is 0 Å². The van der Waals surface area contributed by atoms with Gasteiger partial charge in [0, 0.05) is 31.7 Å². The zero-order valence-corrected chi connectivity index (χ0v) is 7.92. The smallest absolute Gasteiger partial charge is 0.0827 e. The maximum Gasteiger partial charge on any atom is 0.0827 e. The van der Waals surface area contributed by atoms with E-state index in [1.807, 2.05) is 0 Å². The Labute approximate surface area is 74.1 Å². The first-order chi connectivity index (χ1) is 5.75. The Bertz CT molecular complexity index is 139. The van der Waals surface area contributed by atoms with Gasteiger partial charge in [-0.2, -0.15) is 0 Å². The first-order valence-corrected chi connectivity index (χ1v) is 4.84. The van der Waals surface area contributed by atoms with Gasteiger partial charge in [0.2, 0.25) is 0 Å². The molecule has 0 aliphatic carbocycles. The van der Waals surface area contributed by atoms with E-state index in [0.717, 1.165) is 26.2 Å². The highest BCUT2D eigenvalue weighted by Crippen LogP contribution is 2.13. The van der Waals surface area contributed by atoms with Crippen LogP contribution in [0.15, 0.2) is 0 Å². The third-order valence-electron chi connectivity index (χ3n) is 2.79. The zero-order chi connectivity index (χ0) is 8.55. The first kappa shape index (κ1) is 8.48. The van der Waals surface area contributed by atoms with Gasteiger partial charge in [0.1, 0.15) is 0 Å². The van der Waals surface area contributed by atoms with Crippen molar-refractivity contribution in [2.24, 2.45) is 0 Å². The van der Waals surface area contributed by atoms with Crippen molar-refractivity contribution in [3.05, 3.63) is 0 Å². The summed E-state index contributed by atoms with van der Waals surface area (Å²) in [5.41, 5.74) is 0. The molecule has 0 amide bonds. The molecule has 3 nitrogen and oxygen atoms in total. The van der Waals surface area contributed by atoms with E-state index >= 15 is 0 Å². The van der Waals surface area contributed by atoms with E-state index in [4.69, 9.17) is 4.74 Å². The normalized spacial score (nSPS) is 37.2. The van der Waals surface area contributed by atoms with Gasteiger partial charge >= 0.3 is 0 Å². The Morgan fingerprint density at radius 3 is 2.83 bits per heavy atom. The van der Waals surface area contributed by atoms with Crippen molar-refractivity contribution in [1.29, 1.82) is 0 Å². The van der Waals surface area contributed by atoms with Crippen molar-refractivity contribution in [3.63, 3.8) is 0 Å². The predicted molar refractivity (Wildman–Crippen MR) is 48.2 cm³/mol. The van der Waals surface area contributed by atoms with E-state index in [1.165, 1.54) is 0 Å². The summed E-state index contributed by atoms with van der Waals surface area (Å²) in [6.07, 6.45) is 0.422. The third kappa shape index (κ3) is 1.63.